The average Bonchev–Trinajstić information content (AvgIpc) is 2.70. The molecular weight excluding hydrogens is 210 g/mol. The highest BCUT2D eigenvalue weighted by Crippen LogP contribution is 2.27. The molecule has 0 spiro atoms. The number of aryl methyl sites for hydroxylation is 2. The molecule has 3 rings (SSSR count). The average molecular weight is 227 g/mol. The number of nitrogens with one attached hydrogen (secondary N) is 2. The summed E-state index contributed by atoms with van der Waals surface area (Å²) in [6.45, 7) is 5.14. The van der Waals surface area contributed by atoms with Gasteiger partial charge in [0.1, 0.15) is 5.82 Å². The Kier molecular flexibility index (Phi) is 2.48. The minimum absolute atomic E-state index is 0.240. The molecule has 88 valence electrons. The van der Waals surface area contributed by atoms with Crippen molar-refractivity contribution in [2.24, 2.45) is 0 Å². The van der Waals surface area contributed by atoms with Crippen LogP contribution in [0.5, 0.6) is 0 Å². The van der Waals surface area contributed by atoms with Gasteiger partial charge in [-0.05, 0) is 19.4 Å². The molecule has 1 unspecified atom stereocenters. The Morgan fingerprint density at radius 1 is 1.18 bits per heavy atom. The predicted octanol–water partition coefficient (Wildman–Crippen LogP) is 2.26. The van der Waals surface area contributed by atoms with E-state index in [9.17, 15) is 0 Å². The van der Waals surface area contributed by atoms with Crippen LogP contribution in [0.4, 0.5) is 0 Å². The Morgan fingerprint density at radius 2 is 1.94 bits per heavy atom. The topological polar surface area (TPSA) is 40.7 Å². The Bertz CT molecular complexity index is 525. The van der Waals surface area contributed by atoms with E-state index in [2.05, 4.69) is 46.5 Å². The van der Waals surface area contributed by atoms with E-state index in [1.54, 1.807) is 0 Å². The van der Waals surface area contributed by atoms with Crippen molar-refractivity contribution in [3.63, 3.8) is 0 Å². The summed E-state index contributed by atoms with van der Waals surface area (Å²) >= 11 is 0. The summed E-state index contributed by atoms with van der Waals surface area (Å²) in [5, 5.41) is 3.54. The molecule has 17 heavy (non-hydrogen) atoms. The van der Waals surface area contributed by atoms with Gasteiger partial charge < -0.3 is 10.3 Å². The zero-order valence-electron chi connectivity index (χ0n) is 10.2. The van der Waals surface area contributed by atoms with Crippen molar-refractivity contribution in [1.82, 2.24) is 15.3 Å². The summed E-state index contributed by atoms with van der Waals surface area (Å²) in [7, 11) is 0. The van der Waals surface area contributed by atoms with Crippen LogP contribution < -0.4 is 5.32 Å². The second kappa shape index (κ2) is 4.00. The molecule has 0 saturated carbocycles. The molecule has 3 nitrogen and oxygen atoms in total. The van der Waals surface area contributed by atoms with E-state index in [0.29, 0.717) is 0 Å². The second-order valence-corrected chi connectivity index (χ2v) is 4.73. The fourth-order valence-corrected chi connectivity index (χ4v) is 2.46. The van der Waals surface area contributed by atoms with Crippen molar-refractivity contribution < 1.29 is 0 Å². The number of hydrogen-bond acceptors (Lipinski definition) is 2. The predicted molar refractivity (Wildman–Crippen MR) is 68.1 cm³/mol. The van der Waals surface area contributed by atoms with E-state index in [4.69, 9.17) is 0 Å². The Balaban J connectivity index is 2.02. The van der Waals surface area contributed by atoms with E-state index in [-0.39, 0.29) is 6.04 Å². The molecule has 0 bridgehead atoms. The third kappa shape index (κ3) is 1.87. The normalized spacial score (nSPS) is 19.1. The number of H-pyrrole nitrogens is 1. The van der Waals surface area contributed by atoms with Crippen LogP contribution in [0.1, 0.15) is 34.4 Å². The number of aromatic nitrogens is 2. The molecule has 0 amide bonds. The molecule has 3 heteroatoms. The molecule has 0 radical (unpaired) electrons. The van der Waals surface area contributed by atoms with Crippen molar-refractivity contribution in [1.29, 1.82) is 0 Å². The first-order valence-electron chi connectivity index (χ1n) is 6.09. The summed E-state index contributed by atoms with van der Waals surface area (Å²) in [6.07, 6.45) is 1.04. The fourth-order valence-electron chi connectivity index (χ4n) is 2.46. The minimum atomic E-state index is 0.240. The second-order valence-electron chi connectivity index (χ2n) is 4.73. The van der Waals surface area contributed by atoms with Crippen LogP contribution in [0.2, 0.25) is 0 Å². The zero-order valence-corrected chi connectivity index (χ0v) is 10.2. The molecule has 1 aliphatic heterocycles. The van der Waals surface area contributed by atoms with Crippen LogP contribution in [-0.4, -0.2) is 16.5 Å². The third-order valence-electron chi connectivity index (χ3n) is 3.34. The van der Waals surface area contributed by atoms with Gasteiger partial charge in [-0.1, -0.05) is 29.8 Å². The number of fused-ring (bicyclic) bond motifs is 1. The van der Waals surface area contributed by atoms with E-state index < -0.39 is 0 Å². The van der Waals surface area contributed by atoms with Crippen LogP contribution >= 0.6 is 0 Å². The van der Waals surface area contributed by atoms with Gasteiger partial charge in [0.15, 0.2) is 0 Å². The number of nitrogens with zero attached hydrogens (tertiary/aromatic N) is 1. The highest BCUT2D eigenvalue weighted by molar-refractivity contribution is 5.34. The highest BCUT2D eigenvalue weighted by Gasteiger charge is 2.24. The minimum Gasteiger partial charge on any atom is -0.346 e. The lowest BCUT2D eigenvalue weighted by Crippen LogP contribution is -2.30. The molecule has 0 fully saturated rings. The lowest BCUT2D eigenvalue weighted by molar-refractivity contribution is 0.553. The van der Waals surface area contributed by atoms with E-state index in [0.717, 1.165) is 24.5 Å². The quantitative estimate of drug-likeness (QED) is 0.784. The standard InChI is InChI=1S/C14H17N3/c1-9-3-5-11(6-4-9)13-14-12(7-8-15-13)16-10(2)17-14/h3-6,13,15H,7-8H2,1-2H3,(H,16,17). The summed E-state index contributed by atoms with van der Waals surface area (Å²) in [5.41, 5.74) is 5.04. The Labute approximate surface area is 101 Å². The first kappa shape index (κ1) is 10.5. The van der Waals surface area contributed by atoms with Crippen LogP contribution in [0.15, 0.2) is 24.3 Å². The SMILES string of the molecule is Cc1ccc(C2NCCc3[nH]c(C)nc32)cc1. The maximum atomic E-state index is 4.61. The van der Waals surface area contributed by atoms with Gasteiger partial charge in [-0.2, -0.15) is 0 Å². The van der Waals surface area contributed by atoms with Gasteiger partial charge in [-0.3, -0.25) is 0 Å². The van der Waals surface area contributed by atoms with E-state index >= 15 is 0 Å². The number of benzene rings is 1. The first-order chi connectivity index (χ1) is 8.24. The maximum Gasteiger partial charge on any atom is 0.103 e. The van der Waals surface area contributed by atoms with Crippen molar-refractivity contribution in [3.8, 4) is 0 Å². The lowest BCUT2D eigenvalue weighted by atomic mass is 9.97. The smallest absolute Gasteiger partial charge is 0.103 e. The molecule has 2 aromatic rings. The summed E-state index contributed by atoms with van der Waals surface area (Å²) in [5.74, 6) is 1.01. The largest absolute Gasteiger partial charge is 0.346 e. The zero-order chi connectivity index (χ0) is 11.8. The Morgan fingerprint density at radius 3 is 2.71 bits per heavy atom. The first-order valence-corrected chi connectivity index (χ1v) is 6.09. The van der Waals surface area contributed by atoms with Gasteiger partial charge in [-0.25, -0.2) is 4.98 Å². The van der Waals surface area contributed by atoms with Crippen LogP contribution in [0, 0.1) is 13.8 Å². The van der Waals surface area contributed by atoms with Crippen LogP contribution in [0.3, 0.4) is 0 Å². The molecule has 1 aromatic carbocycles. The third-order valence-corrected chi connectivity index (χ3v) is 3.34. The van der Waals surface area contributed by atoms with Crippen molar-refractivity contribution >= 4 is 0 Å². The molecule has 1 atom stereocenters. The van der Waals surface area contributed by atoms with Gasteiger partial charge in [0.05, 0.1) is 11.7 Å². The maximum absolute atomic E-state index is 4.61. The monoisotopic (exact) mass is 227 g/mol. The molecule has 0 aliphatic carbocycles. The Hall–Kier alpha value is -1.61. The van der Waals surface area contributed by atoms with Crippen molar-refractivity contribution in [3.05, 3.63) is 52.6 Å². The summed E-state index contributed by atoms with van der Waals surface area (Å²) in [4.78, 5) is 7.97. The molecule has 2 heterocycles. The van der Waals surface area contributed by atoms with Gasteiger partial charge in [-0.15, -0.1) is 0 Å². The van der Waals surface area contributed by atoms with Gasteiger partial charge in [0, 0.05) is 18.7 Å². The molecule has 2 N–H and O–H groups in total. The van der Waals surface area contributed by atoms with E-state index in [1.165, 1.54) is 16.8 Å². The molecule has 1 aliphatic rings. The summed E-state index contributed by atoms with van der Waals surface area (Å²) in [6, 6.07) is 8.93. The van der Waals surface area contributed by atoms with E-state index in [1.807, 2.05) is 6.92 Å². The molecule has 0 saturated heterocycles. The lowest BCUT2D eigenvalue weighted by Gasteiger charge is -2.23. The van der Waals surface area contributed by atoms with Crippen LogP contribution in [-0.2, 0) is 6.42 Å². The number of aromatic amines is 1. The van der Waals surface area contributed by atoms with Crippen LogP contribution in [0.25, 0.3) is 0 Å². The van der Waals surface area contributed by atoms with Crippen molar-refractivity contribution in [2.75, 3.05) is 6.54 Å². The number of hydrogen-bond donors (Lipinski definition) is 2. The molecule has 1 aromatic heterocycles. The van der Waals surface area contributed by atoms with Gasteiger partial charge in [0.2, 0.25) is 0 Å². The highest BCUT2D eigenvalue weighted by atomic mass is 15.0. The number of imidazole rings is 1. The summed E-state index contributed by atoms with van der Waals surface area (Å²) < 4.78 is 0. The fraction of sp³-hybridized carbons (Fsp3) is 0.357. The molecular formula is C14H17N3. The van der Waals surface area contributed by atoms with Crippen molar-refractivity contribution in [2.45, 2.75) is 26.3 Å². The van der Waals surface area contributed by atoms with Gasteiger partial charge in [0.25, 0.3) is 0 Å². The number of rotatable bonds is 1. The van der Waals surface area contributed by atoms with Gasteiger partial charge >= 0.3 is 0 Å².